The third kappa shape index (κ3) is 13.5. The fraction of sp³-hybridized carbons (Fsp3) is 0.579. The number of hydrogen-bond donors (Lipinski definition) is 4. The van der Waals surface area contributed by atoms with Crippen LogP contribution < -0.4 is 10.6 Å². The van der Waals surface area contributed by atoms with Crippen LogP contribution in [0.25, 0.3) is 0 Å². The summed E-state index contributed by atoms with van der Waals surface area (Å²) in [6, 6.07) is 17.2. The number of aliphatic hydroxyl groups is 2. The van der Waals surface area contributed by atoms with Gasteiger partial charge in [0.2, 0.25) is 21.8 Å². The maximum absolute atomic E-state index is 13.9. The van der Waals surface area contributed by atoms with Crippen molar-refractivity contribution in [2.24, 2.45) is 11.8 Å². The van der Waals surface area contributed by atoms with Crippen LogP contribution in [-0.4, -0.2) is 96.9 Å². The number of carbonyl (C=O) groups is 2. The molecule has 1 saturated carbocycles. The third-order valence-electron chi connectivity index (χ3n) is 9.49. The van der Waals surface area contributed by atoms with Gasteiger partial charge in [-0.2, -0.15) is 0 Å². The molecule has 0 aliphatic heterocycles. The fourth-order valence-electron chi connectivity index (χ4n) is 6.41. The van der Waals surface area contributed by atoms with Gasteiger partial charge in [-0.3, -0.25) is 9.59 Å². The average molecular weight is 697 g/mol. The van der Waals surface area contributed by atoms with E-state index in [1.807, 2.05) is 72.6 Å². The monoisotopic (exact) mass is 696 g/mol. The SMILES string of the molecule is C#CC[C@H](NC(=O)C(Cc1ccccc1)CS(=O)(=O)N(C)CCN(C)Cc1ccccc1)C(=O)N[C@@H](CC1CCCCC1)[C@@H](O)[C@@H](O)CC. The lowest BCUT2D eigenvalue weighted by atomic mass is 9.82. The van der Waals surface area contributed by atoms with Crippen molar-refractivity contribution in [3.63, 3.8) is 0 Å². The number of likely N-dealkylation sites (N-methyl/N-ethyl adjacent to an activating group) is 2. The maximum atomic E-state index is 13.9. The van der Waals surface area contributed by atoms with E-state index in [-0.39, 0.29) is 19.4 Å². The Morgan fingerprint density at radius 2 is 1.53 bits per heavy atom. The predicted octanol–water partition coefficient (Wildman–Crippen LogP) is 3.33. The Bertz CT molecular complexity index is 1430. The topological polar surface area (TPSA) is 139 Å². The predicted molar refractivity (Wildman–Crippen MR) is 194 cm³/mol. The lowest BCUT2D eigenvalue weighted by molar-refractivity contribution is -0.132. The van der Waals surface area contributed by atoms with E-state index in [2.05, 4.69) is 16.6 Å². The zero-order valence-electron chi connectivity index (χ0n) is 29.3. The zero-order chi connectivity index (χ0) is 35.8. The molecule has 2 amide bonds. The van der Waals surface area contributed by atoms with Crippen LogP contribution in [0.5, 0.6) is 0 Å². The molecule has 11 heteroatoms. The Hall–Kier alpha value is -3.27. The fourth-order valence-corrected chi connectivity index (χ4v) is 7.80. The van der Waals surface area contributed by atoms with E-state index in [4.69, 9.17) is 6.42 Å². The highest BCUT2D eigenvalue weighted by atomic mass is 32.2. The van der Waals surface area contributed by atoms with E-state index in [9.17, 15) is 28.2 Å². The molecule has 0 saturated heterocycles. The molecule has 1 unspecified atom stereocenters. The summed E-state index contributed by atoms with van der Waals surface area (Å²) in [5.74, 6) is 0.117. The molecule has 49 heavy (non-hydrogen) atoms. The number of carbonyl (C=O) groups excluding carboxylic acids is 2. The summed E-state index contributed by atoms with van der Waals surface area (Å²) in [6.07, 6.45) is 9.54. The second-order valence-electron chi connectivity index (χ2n) is 13.5. The minimum Gasteiger partial charge on any atom is -0.390 e. The van der Waals surface area contributed by atoms with Crippen molar-refractivity contribution in [2.75, 3.05) is 32.9 Å². The van der Waals surface area contributed by atoms with Gasteiger partial charge in [-0.25, -0.2) is 12.7 Å². The van der Waals surface area contributed by atoms with Gasteiger partial charge >= 0.3 is 0 Å². The number of rotatable bonds is 20. The lowest BCUT2D eigenvalue weighted by Gasteiger charge is -2.33. The number of benzene rings is 2. The molecule has 0 aromatic heterocycles. The van der Waals surface area contributed by atoms with Gasteiger partial charge in [-0.15, -0.1) is 12.3 Å². The molecule has 0 heterocycles. The van der Waals surface area contributed by atoms with Crippen LogP contribution in [0.15, 0.2) is 60.7 Å². The van der Waals surface area contributed by atoms with E-state index >= 15 is 0 Å². The molecular formula is C38H56N4O6S. The Kier molecular flexibility index (Phi) is 16.7. The number of amides is 2. The summed E-state index contributed by atoms with van der Waals surface area (Å²) in [5, 5.41) is 27.0. The molecule has 0 spiro atoms. The molecule has 1 aliphatic rings. The summed E-state index contributed by atoms with van der Waals surface area (Å²) in [7, 11) is -0.434. The van der Waals surface area contributed by atoms with Crippen molar-refractivity contribution in [2.45, 2.75) is 95.5 Å². The van der Waals surface area contributed by atoms with Crippen molar-refractivity contribution in [3.05, 3.63) is 71.8 Å². The molecule has 10 nitrogen and oxygen atoms in total. The first kappa shape index (κ1) is 40.2. The number of sulfonamides is 1. The molecule has 1 fully saturated rings. The molecular weight excluding hydrogens is 641 g/mol. The Balaban J connectivity index is 1.73. The van der Waals surface area contributed by atoms with Crippen LogP contribution >= 0.6 is 0 Å². The van der Waals surface area contributed by atoms with Gasteiger partial charge < -0.3 is 25.7 Å². The van der Waals surface area contributed by atoms with Gasteiger partial charge in [0.05, 0.1) is 29.9 Å². The molecule has 0 bridgehead atoms. The standard InChI is InChI=1S/C38H56N4O6S/c1-5-16-33(38(46)40-34(36(44)35(43)6-2)26-30-19-12-8-13-20-30)39-37(45)32(25-29-17-10-7-11-18-29)28-49(47,48)42(4)24-23-41(3)27-31-21-14-9-15-22-31/h1,7,9-11,14-15,17-18,21-22,30,32-36,43-44H,6,8,12-13,16,19-20,23-28H2,2-4H3,(H,39,45)(H,40,46)/t32?,33-,34-,35-,36+/m0/s1. The number of terminal acetylenes is 1. The number of nitrogens with zero attached hydrogens (tertiary/aromatic N) is 2. The molecule has 3 rings (SSSR count). The van der Waals surface area contributed by atoms with Crippen molar-refractivity contribution >= 4 is 21.8 Å². The second kappa shape index (κ2) is 20.4. The second-order valence-corrected chi connectivity index (χ2v) is 15.6. The zero-order valence-corrected chi connectivity index (χ0v) is 30.2. The van der Waals surface area contributed by atoms with E-state index in [0.717, 1.165) is 43.2 Å². The van der Waals surface area contributed by atoms with Crippen molar-refractivity contribution in [3.8, 4) is 12.3 Å². The quantitative estimate of drug-likeness (QED) is 0.156. The average Bonchev–Trinajstić information content (AvgIpc) is 3.10. The normalized spacial score (nSPS) is 17.1. The number of hydrogen-bond acceptors (Lipinski definition) is 7. The smallest absolute Gasteiger partial charge is 0.243 e. The number of nitrogens with one attached hydrogen (secondary N) is 2. The first-order chi connectivity index (χ1) is 23.4. The molecule has 1 aliphatic carbocycles. The molecule has 2 aromatic carbocycles. The first-order valence-corrected chi connectivity index (χ1v) is 19.1. The van der Waals surface area contributed by atoms with Crippen LogP contribution in [0.2, 0.25) is 0 Å². The minimum atomic E-state index is -3.88. The summed E-state index contributed by atoms with van der Waals surface area (Å²) < 4.78 is 28.5. The van der Waals surface area contributed by atoms with Gasteiger partial charge in [0.15, 0.2) is 0 Å². The van der Waals surface area contributed by atoms with Crippen LogP contribution in [-0.2, 0) is 32.6 Å². The van der Waals surface area contributed by atoms with E-state index in [0.29, 0.717) is 31.8 Å². The molecule has 2 aromatic rings. The molecule has 4 N–H and O–H groups in total. The van der Waals surface area contributed by atoms with Gasteiger partial charge in [0.1, 0.15) is 6.04 Å². The lowest BCUT2D eigenvalue weighted by Crippen LogP contribution is -2.56. The molecule has 0 radical (unpaired) electrons. The highest BCUT2D eigenvalue weighted by molar-refractivity contribution is 7.89. The summed E-state index contributed by atoms with van der Waals surface area (Å²) in [5.41, 5.74) is 1.90. The van der Waals surface area contributed by atoms with E-state index < -0.39 is 57.8 Å². The van der Waals surface area contributed by atoms with E-state index in [1.165, 1.54) is 11.4 Å². The largest absolute Gasteiger partial charge is 0.390 e. The van der Waals surface area contributed by atoms with Crippen LogP contribution in [0.4, 0.5) is 0 Å². The molecule has 5 atom stereocenters. The molecule has 270 valence electrons. The van der Waals surface area contributed by atoms with Gasteiger partial charge in [-0.05, 0) is 43.4 Å². The maximum Gasteiger partial charge on any atom is 0.243 e. The van der Waals surface area contributed by atoms with Gasteiger partial charge in [0, 0.05) is 33.1 Å². The van der Waals surface area contributed by atoms with Gasteiger partial charge in [-0.1, -0.05) is 99.7 Å². The Labute approximate surface area is 293 Å². The summed E-state index contributed by atoms with van der Waals surface area (Å²) in [4.78, 5) is 29.5. The van der Waals surface area contributed by atoms with Crippen molar-refractivity contribution in [1.82, 2.24) is 19.8 Å². The Morgan fingerprint density at radius 3 is 2.12 bits per heavy atom. The first-order valence-electron chi connectivity index (χ1n) is 17.5. The van der Waals surface area contributed by atoms with Gasteiger partial charge in [0.25, 0.3) is 0 Å². The van der Waals surface area contributed by atoms with Crippen molar-refractivity contribution < 1.29 is 28.2 Å². The minimum absolute atomic E-state index is 0.126. The third-order valence-corrected chi connectivity index (χ3v) is 11.4. The van der Waals surface area contributed by atoms with Crippen LogP contribution in [0.1, 0.15) is 69.4 Å². The highest BCUT2D eigenvalue weighted by Gasteiger charge is 2.34. The van der Waals surface area contributed by atoms with Crippen LogP contribution in [0, 0.1) is 24.2 Å². The summed E-state index contributed by atoms with van der Waals surface area (Å²) >= 11 is 0. The summed E-state index contributed by atoms with van der Waals surface area (Å²) in [6.45, 7) is 3.16. The van der Waals surface area contributed by atoms with E-state index in [1.54, 1.807) is 6.92 Å². The Morgan fingerprint density at radius 1 is 0.918 bits per heavy atom. The van der Waals surface area contributed by atoms with Crippen molar-refractivity contribution in [1.29, 1.82) is 0 Å². The van der Waals surface area contributed by atoms with Crippen LogP contribution in [0.3, 0.4) is 0 Å². The number of aliphatic hydroxyl groups excluding tert-OH is 2. The highest BCUT2D eigenvalue weighted by Crippen LogP contribution is 2.28.